The molecule has 2 aromatic rings. The summed E-state index contributed by atoms with van der Waals surface area (Å²) in [4.78, 5) is 24.2. The first-order valence-corrected chi connectivity index (χ1v) is 14.7. The molecule has 0 saturated carbocycles. The lowest BCUT2D eigenvalue weighted by Gasteiger charge is -2.13. The van der Waals surface area contributed by atoms with E-state index in [-0.39, 0.29) is 11.8 Å². The average Bonchev–Trinajstić information content (AvgIpc) is 2.91. The van der Waals surface area contributed by atoms with Crippen LogP contribution < -0.4 is 20.1 Å². The van der Waals surface area contributed by atoms with Crippen LogP contribution in [0, 0.1) is 5.92 Å². The van der Waals surface area contributed by atoms with Gasteiger partial charge in [-0.05, 0) is 73.4 Å². The van der Waals surface area contributed by atoms with Crippen LogP contribution in [0.25, 0.3) is 0 Å². The highest BCUT2D eigenvalue weighted by atomic mass is 79.9. The number of hydrogen-bond acceptors (Lipinski definition) is 4. The van der Waals surface area contributed by atoms with Gasteiger partial charge in [0, 0.05) is 30.4 Å². The summed E-state index contributed by atoms with van der Waals surface area (Å²) in [6.45, 7) is 5.15. The highest BCUT2D eigenvalue weighted by Gasteiger charge is 2.09. The van der Waals surface area contributed by atoms with E-state index in [2.05, 4.69) is 52.6 Å². The van der Waals surface area contributed by atoms with Gasteiger partial charge >= 0.3 is 0 Å². The van der Waals surface area contributed by atoms with Gasteiger partial charge in [-0.15, -0.1) is 0 Å². The summed E-state index contributed by atoms with van der Waals surface area (Å²) < 4.78 is 11.5. The van der Waals surface area contributed by atoms with Crippen molar-refractivity contribution < 1.29 is 19.1 Å². The molecule has 0 aliphatic rings. The van der Waals surface area contributed by atoms with Crippen molar-refractivity contribution in [2.75, 3.05) is 17.8 Å². The SMILES string of the molecule is COc1cc(CNC(=O)CCCC/C=C/C(C)C)ccc1OCc1ccc(NC(=O)CCCCCBr)cc1. The molecule has 2 N–H and O–H groups in total. The molecule has 6 nitrogen and oxygen atoms in total. The molecule has 0 aromatic heterocycles. The van der Waals surface area contributed by atoms with E-state index in [1.54, 1.807) is 7.11 Å². The van der Waals surface area contributed by atoms with Crippen LogP contribution >= 0.6 is 15.9 Å². The maximum absolute atomic E-state index is 12.2. The molecule has 0 aliphatic carbocycles. The van der Waals surface area contributed by atoms with E-state index in [1.165, 1.54) is 0 Å². The lowest BCUT2D eigenvalue weighted by molar-refractivity contribution is -0.121. The Morgan fingerprint density at radius 2 is 1.61 bits per heavy atom. The number of rotatable bonds is 18. The molecular formula is C31H43BrN2O4. The van der Waals surface area contributed by atoms with Crippen molar-refractivity contribution in [1.82, 2.24) is 5.32 Å². The van der Waals surface area contributed by atoms with Crippen LogP contribution in [0.5, 0.6) is 11.5 Å². The van der Waals surface area contributed by atoms with E-state index in [4.69, 9.17) is 9.47 Å². The Kier molecular flexibility index (Phi) is 15.3. The molecule has 0 unspecified atom stereocenters. The summed E-state index contributed by atoms with van der Waals surface area (Å²) in [5, 5.41) is 6.91. The molecule has 0 bridgehead atoms. The van der Waals surface area contributed by atoms with Crippen molar-refractivity contribution in [1.29, 1.82) is 0 Å². The number of allylic oxidation sites excluding steroid dienone is 2. The van der Waals surface area contributed by atoms with E-state index >= 15 is 0 Å². The lowest BCUT2D eigenvalue weighted by Crippen LogP contribution is -2.22. The summed E-state index contributed by atoms with van der Waals surface area (Å²) in [6.07, 6.45) is 11.4. The Balaban J connectivity index is 1.75. The number of nitrogens with one attached hydrogen (secondary N) is 2. The maximum Gasteiger partial charge on any atom is 0.224 e. The molecule has 208 valence electrons. The quantitative estimate of drug-likeness (QED) is 0.107. The van der Waals surface area contributed by atoms with Crippen LogP contribution in [0.2, 0.25) is 0 Å². The largest absolute Gasteiger partial charge is 0.493 e. The smallest absolute Gasteiger partial charge is 0.224 e. The van der Waals surface area contributed by atoms with Crippen LogP contribution in [0.1, 0.15) is 76.3 Å². The van der Waals surface area contributed by atoms with E-state index in [9.17, 15) is 9.59 Å². The topological polar surface area (TPSA) is 76.7 Å². The van der Waals surface area contributed by atoms with Gasteiger partial charge in [0.25, 0.3) is 0 Å². The third-order valence-electron chi connectivity index (χ3n) is 5.93. The average molecular weight is 588 g/mol. The van der Waals surface area contributed by atoms with Crippen molar-refractivity contribution in [2.45, 2.75) is 78.4 Å². The number of alkyl halides is 1. The highest BCUT2D eigenvalue weighted by Crippen LogP contribution is 2.29. The molecule has 0 saturated heterocycles. The normalized spacial score (nSPS) is 11.1. The van der Waals surface area contributed by atoms with E-state index in [0.717, 1.165) is 60.7 Å². The summed E-state index contributed by atoms with van der Waals surface area (Å²) in [5.41, 5.74) is 2.72. The van der Waals surface area contributed by atoms with E-state index < -0.39 is 0 Å². The van der Waals surface area contributed by atoms with Gasteiger partial charge in [-0.2, -0.15) is 0 Å². The zero-order valence-corrected chi connectivity index (χ0v) is 24.6. The Bertz CT molecular complexity index is 1010. The van der Waals surface area contributed by atoms with Crippen LogP contribution in [-0.2, 0) is 22.7 Å². The minimum absolute atomic E-state index is 0.0408. The molecule has 2 aromatic carbocycles. The van der Waals surface area contributed by atoms with E-state index in [0.29, 0.717) is 43.4 Å². The molecule has 2 rings (SSSR count). The molecule has 0 spiro atoms. The van der Waals surface area contributed by atoms with Gasteiger partial charge in [0.15, 0.2) is 11.5 Å². The summed E-state index contributed by atoms with van der Waals surface area (Å²) in [5.74, 6) is 1.93. The first-order valence-electron chi connectivity index (χ1n) is 13.6. The van der Waals surface area contributed by atoms with Crippen molar-refractivity contribution >= 4 is 33.4 Å². The molecule has 0 aliphatic heterocycles. The summed E-state index contributed by atoms with van der Waals surface area (Å²) in [7, 11) is 1.61. The zero-order valence-electron chi connectivity index (χ0n) is 23.1. The van der Waals surface area contributed by atoms with Crippen molar-refractivity contribution in [3.63, 3.8) is 0 Å². The second-order valence-corrected chi connectivity index (χ2v) is 10.5. The molecular weight excluding hydrogens is 544 g/mol. The Hall–Kier alpha value is -2.80. The van der Waals surface area contributed by atoms with Crippen LogP contribution in [-0.4, -0.2) is 24.3 Å². The number of hydrogen-bond donors (Lipinski definition) is 2. The first kappa shape index (κ1) is 31.4. The molecule has 0 fully saturated rings. The molecule has 0 atom stereocenters. The fourth-order valence-electron chi connectivity index (χ4n) is 3.77. The number of unbranched alkanes of at least 4 members (excludes halogenated alkanes) is 4. The standard InChI is InChI=1S/C31H43BrN2O4/c1-24(2)11-7-4-5-8-12-30(35)33-22-26-16-19-28(29(21-26)37-3)38-23-25-14-17-27(18-15-25)34-31(36)13-9-6-10-20-32/h7,11,14-19,21,24H,4-6,8-10,12-13,20,22-23H2,1-3H3,(H,33,35)(H,34,36)/b11-7+. The van der Waals surface area contributed by atoms with Gasteiger partial charge in [0.2, 0.25) is 11.8 Å². The fraction of sp³-hybridized carbons (Fsp3) is 0.484. The first-order chi connectivity index (χ1) is 18.4. The number of halogens is 1. The number of amides is 2. The van der Waals surface area contributed by atoms with Crippen molar-refractivity contribution in [3.05, 3.63) is 65.7 Å². The van der Waals surface area contributed by atoms with Crippen LogP contribution in [0.15, 0.2) is 54.6 Å². The third-order valence-corrected chi connectivity index (χ3v) is 6.49. The third kappa shape index (κ3) is 13.1. The minimum atomic E-state index is 0.0408. The number of benzene rings is 2. The lowest BCUT2D eigenvalue weighted by atomic mass is 10.1. The van der Waals surface area contributed by atoms with Gasteiger partial charge in [0.1, 0.15) is 6.61 Å². The molecule has 38 heavy (non-hydrogen) atoms. The molecule has 2 amide bonds. The van der Waals surface area contributed by atoms with Gasteiger partial charge in [-0.25, -0.2) is 0 Å². The zero-order chi connectivity index (χ0) is 27.6. The minimum Gasteiger partial charge on any atom is -0.493 e. The number of anilines is 1. The van der Waals surface area contributed by atoms with Crippen molar-refractivity contribution in [3.8, 4) is 11.5 Å². The fourth-order valence-corrected chi connectivity index (χ4v) is 4.17. The highest BCUT2D eigenvalue weighted by molar-refractivity contribution is 9.09. The Morgan fingerprint density at radius 3 is 2.32 bits per heavy atom. The molecule has 0 heterocycles. The van der Waals surface area contributed by atoms with Crippen LogP contribution in [0.3, 0.4) is 0 Å². The Morgan fingerprint density at radius 1 is 0.895 bits per heavy atom. The molecule has 7 heteroatoms. The molecule has 0 radical (unpaired) electrons. The monoisotopic (exact) mass is 586 g/mol. The van der Waals surface area contributed by atoms with Gasteiger partial charge in [0.05, 0.1) is 7.11 Å². The van der Waals surface area contributed by atoms with Gasteiger partial charge in [-0.1, -0.05) is 66.5 Å². The van der Waals surface area contributed by atoms with Gasteiger partial charge in [-0.3, -0.25) is 9.59 Å². The van der Waals surface area contributed by atoms with Gasteiger partial charge < -0.3 is 20.1 Å². The van der Waals surface area contributed by atoms with Crippen molar-refractivity contribution in [2.24, 2.45) is 5.92 Å². The number of methoxy groups -OCH3 is 1. The predicted molar refractivity (Wildman–Crippen MR) is 159 cm³/mol. The number of ether oxygens (including phenoxy) is 2. The predicted octanol–water partition coefficient (Wildman–Crippen LogP) is 7.56. The van der Waals surface area contributed by atoms with E-state index in [1.807, 2.05) is 42.5 Å². The summed E-state index contributed by atoms with van der Waals surface area (Å²) in [6, 6.07) is 13.4. The second kappa shape index (κ2) is 18.5. The van der Waals surface area contributed by atoms with Crippen LogP contribution in [0.4, 0.5) is 5.69 Å². The Labute approximate surface area is 236 Å². The number of carbonyl (C=O) groups excluding carboxylic acids is 2. The maximum atomic E-state index is 12.2. The summed E-state index contributed by atoms with van der Waals surface area (Å²) >= 11 is 3.41. The second-order valence-electron chi connectivity index (χ2n) is 9.71. The number of carbonyl (C=O) groups is 2.